The molecule has 142 valence electrons. The third-order valence-electron chi connectivity index (χ3n) is 4.83. The highest BCUT2D eigenvalue weighted by Crippen LogP contribution is 2.26. The van der Waals surface area contributed by atoms with Gasteiger partial charge in [-0.1, -0.05) is 12.1 Å². The van der Waals surface area contributed by atoms with Crippen LogP contribution in [-0.4, -0.2) is 40.3 Å². The summed E-state index contributed by atoms with van der Waals surface area (Å²) in [5.41, 5.74) is 0.593. The zero-order chi connectivity index (χ0) is 18.8. The normalized spacial score (nSPS) is 19.6. The van der Waals surface area contributed by atoms with Crippen LogP contribution in [0, 0.1) is 5.82 Å². The maximum absolute atomic E-state index is 13.8. The van der Waals surface area contributed by atoms with E-state index in [0.29, 0.717) is 23.8 Å². The van der Waals surface area contributed by atoms with E-state index >= 15 is 0 Å². The van der Waals surface area contributed by atoms with Gasteiger partial charge in [0.25, 0.3) is 5.91 Å². The second kappa shape index (κ2) is 7.64. The Morgan fingerprint density at radius 1 is 1.19 bits per heavy atom. The molecule has 1 aromatic heterocycles. The Bertz CT molecular complexity index is 852. The molecule has 2 amide bonds. The summed E-state index contributed by atoms with van der Waals surface area (Å²) in [6.45, 7) is 0.551. The quantitative estimate of drug-likeness (QED) is 0.824. The van der Waals surface area contributed by atoms with E-state index in [-0.39, 0.29) is 29.4 Å². The number of nitrogens with one attached hydrogen (secondary N) is 2. The van der Waals surface area contributed by atoms with Crippen molar-refractivity contribution >= 4 is 34.0 Å². The van der Waals surface area contributed by atoms with E-state index in [2.05, 4.69) is 15.6 Å². The van der Waals surface area contributed by atoms with Crippen LogP contribution in [0.15, 0.2) is 29.6 Å². The van der Waals surface area contributed by atoms with Gasteiger partial charge in [0, 0.05) is 18.0 Å². The summed E-state index contributed by atoms with van der Waals surface area (Å²) in [6.07, 6.45) is 4.52. The Labute approximate surface area is 160 Å². The molecule has 1 saturated heterocycles. The lowest BCUT2D eigenvalue weighted by molar-refractivity contribution is -0.126. The number of thiazole rings is 1. The van der Waals surface area contributed by atoms with E-state index < -0.39 is 6.04 Å². The van der Waals surface area contributed by atoms with Gasteiger partial charge in [-0.25, -0.2) is 9.37 Å². The minimum Gasteiger partial charge on any atom is -0.352 e. The first-order valence-corrected chi connectivity index (χ1v) is 10.1. The number of carbonyl (C=O) groups is 2. The number of amides is 2. The second-order valence-corrected chi connectivity index (χ2v) is 7.79. The minimum atomic E-state index is -0.434. The number of anilines is 2. The third kappa shape index (κ3) is 4.10. The molecule has 1 aliphatic heterocycles. The molecule has 2 heterocycles. The number of aromatic nitrogens is 1. The first-order valence-electron chi connectivity index (χ1n) is 9.20. The van der Waals surface area contributed by atoms with Gasteiger partial charge in [0.1, 0.15) is 17.6 Å². The summed E-state index contributed by atoms with van der Waals surface area (Å²) in [5.74, 6) is -0.692. The summed E-state index contributed by atoms with van der Waals surface area (Å²) in [6, 6.07) is 6.14. The number of rotatable bonds is 5. The number of nitrogens with zero attached hydrogens (tertiary/aromatic N) is 2. The fraction of sp³-hybridized carbons (Fsp3) is 0.421. The lowest BCUT2D eigenvalue weighted by atomic mass is 10.0. The topological polar surface area (TPSA) is 74.3 Å². The number of piperidine rings is 1. The van der Waals surface area contributed by atoms with Crippen molar-refractivity contribution in [1.29, 1.82) is 0 Å². The largest absolute Gasteiger partial charge is 0.352 e. The maximum atomic E-state index is 13.8. The molecule has 0 spiro atoms. The van der Waals surface area contributed by atoms with Crippen LogP contribution in [0.1, 0.15) is 42.6 Å². The summed E-state index contributed by atoms with van der Waals surface area (Å²) < 4.78 is 13.8. The van der Waals surface area contributed by atoms with E-state index in [1.165, 1.54) is 17.4 Å². The molecule has 1 atom stereocenters. The predicted molar refractivity (Wildman–Crippen MR) is 102 cm³/mol. The van der Waals surface area contributed by atoms with Crippen LogP contribution in [0.4, 0.5) is 15.2 Å². The molecule has 2 fully saturated rings. The molecule has 6 nitrogen and oxygen atoms in total. The Kier molecular flexibility index (Phi) is 5.07. The lowest BCUT2D eigenvalue weighted by Crippen LogP contribution is -2.52. The number of benzene rings is 1. The predicted octanol–water partition coefficient (Wildman–Crippen LogP) is 3.30. The van der Waals surface area contributed by atoms with Crippen molar-refractivity contribution in [3.8, 4) is 0 Å². The van der Waals surface area contributed by atoms with Crippen LogP contribution >= 0.6 is 11.3 Å². The molecule has 1 aliphatic carbocycles. The molecule has 2 aliphatic rings. The number of hydrogen-bond donors (Lipinski definition) is 2. The molecule has 0 bridgehead atoms. The Balaban J connectivity index is 1.47. The van der Waals surface area contributed by atoms with Gasteiger partial charge in [0.05, 0.1) is 5.69 Å². The van der Waals surface area contributed by atoms with Crippen molar-refractivity contribution in [1.82, 2.24) is 15.2 Å². The summed E-state index contributed by atoms with van der Waals surface area (Å²) >= 11 is 1.24. The van der Waals surface area contributed by atoms with Gasteiger partial charge in [-0.05, 0) is 44.2 Å². The van der Waals surface area contributed by atoms with Crippen LogP contribution in [0.5, 0.6) is 0 Å². The molecule has 1 saturated carbocycles. The van der Waals surface area contributed by atoms with Crippen molar-refractivity contribution in [3.63, 3.8) is 0 Å². The van der Waals surface area contributed by atoms with E-state index in [1.807, 2.05) is 0 Å². The molecule has 0 unspecified atom stereocenters. The molecular weight excluding hydrogens is 367 g/mol. The first kappa shape index (κ1) is 17.9. The number of likely N-dealkylation sites (tertiary alicyclic amines) is 1. The van der Waals surface area contributed by atoms with Gasteiger partial charge in [-0.15, -0.1) is 11.3 Å². The standard InChI is InChI=1S/C19H21FN4O2S/c20-13-5-1-2-6-14(13)22-19-23-15(11-27-19)18(26)24-10-4-3-7-16(24)17(25)21-12-8-9-12/h1-2,5-6,11-12,16H,3-4,7-10H2,(H,21,25)(H,22,23)/t16-/m0/s1. The van der Waals surface area contributed by atoms with Gasteiger partial charge in [-0.2, -0.15) is 0 Å². The molecule has 8 heteroatoms. The Morgan fingerprint density at radius 3 is 2.78 bits per heavy atom. The zero-order valence-corrected chi connectivity index (χ0v) is 15.6. The summed E-state index contributed by atoms with van der Waals surface area (Å²) in [7, 11) is 0. The number of halogens is 1. The highest BCUT2D eigenvalue weighted by atomic mass is 32.1. The van der Waals surface area contributed by atoms with Crippen LogP contribution < -0.4 is 10.6 Å². The van der Waals surface area contributed by atoms with Gasteiger partial charge in [0.2, 0.25) is 5.91 Å². The van der Waals surface area contributed by atoms with Crippen molar-refractivity contribution in [3.05, 3.63) is 41.2 Å². The fourth-order valence-corrected chi connectivity index (χ4v) is 3.92. The van der Waals surface area contributed by atoms with Crippen LogP contribution in [0.3, 0.4) is 0 Å². The number of carbonyl (C=O) groups excluding carboxylic acids is 2. The SMILES string of the molecule is O=C(NC1CC1)[C@@H]1CCCCN1C(=O)c1csc(Nc2ccccc2F)n1. The first-order chi connectivity index (χ1) is 13.1. The van der Waals surface area contributed by atoms with E-state index in [9.17, 15) is 14.0 Å². The van der Waals surface area contributed by atoms with Gasteiger partial charge >= 0.3 is 0 Å². The second-order valence-electron chi connectivity index (χ2n) is 6.94. The molecule has 1 aromatic carbocycles. The molecule has 27 heavy (non-hydrogen) atoms. The van der Waals surface area contributed by atoms with Crippen molar-refractivity contribution in [2.75, 3.05) is 11.9 Å². The van der Waals surface area contributed by atoms with Crippen molar-refractivity contribution in [2.45, 2.75) is 44.2 Å². The monoisotopic (exact) mass is 388 g/mol. The maximum Gasteiger partial charge on any atom is 0.274 e. The van der Waals surface area contributed by atoms with Gasteiger partial charge < -0.3 is 15.5 Å². The van der Waals surface area contributed by atoms with Crippen LogP contribution in [0.2, 0.25) is 0 Å². The van der Waals surface area contributed by atoms with Crippen molar-refractivity contribution < 1.29 is 14.0 Å². The highest BCUT2D eigenvalue weighted by molar-refractivity contribution is 7.14. The number of hydrogen-bond acceptors (Lipinski definition) is 5. The zero-order valence-electron chi connectivity index (χ0n) is 14.8. The highest BCUT2D eigenvalue weighted by Gasteiger charge is 2.35. The Morgan fingerprint density at radius 2 is 2.00 bits per heavy atom. The molecule has 0 radical (unpaired) electrons. The Hall–Kier alpha value is -2.48. The number of para-hydroxylation sites is 1. The van der Waals surface area contributed by atoms with Gasteiger partial charge in [0.15, 0.2) is 5.13 Å². The van der Waals surface area contributed by atoms with E-state index in [1.54, 1.807) is 28.5 Å². The average Bonchev–Trinajstić information content (AvgIpc) is 3.37. The molecule has 4 rings (SSSR count). The van der Waals surface area contributed by atoms with E-state index in [4.69, 9.17) is 0 Å². The summed E-state index contributed by atoms with van der Waals surface area (Å²) in [4.78, 5) is 31.4. The smallest absolute Gasteiger partial charge is 0.274 e. The summed E-state index contributed by atoms with van der Waals surface area (Å²) in [5, 5.41) is 7.99. The molecule has 2 aromatic rings. The molecule has 2 N–H and O–H groups in total. The van der Waals surface area contributed by atoms with Crippen LogP contribution in [-0.2, 0) is 4.79 Å². The van der Waals surface area contributed by atoms with Crippen LogP contribution in [0.25, 0.3) is 0 Å². The van der Waals surface area contributed by atoms with Crippen molar-refractivity contribution in [2.24, 2.45) is 0 Å². The average molecular weight is 388 g/mol. The van der Waals surface area contributed by atoms with Gasteiger partial charge in [-0.3, -0.25) is 9.59 Å². The lowest BCUT2D eigenvalue weighted by Gasteiger charge is -2.34. The third-order valence-corrected chi connectivity index (χ3v) is 5.59. The minimum absolute atomic E-state index is 0.0644. The molecular formula is C19H21FN4O2S. The van der Waals surface area contributed by atoms with E-state index in [0.717, 1.165) is 25.7 Å². The fourth-order valence-electron chi connectivity index (χ4n) is 3.23.